The van der Waals surface area contributed by atoms with Crippen molar-refractivity contribution >= 4 is 45.3 Å². The van der Waals surface area contributed by atoms with Crippen LogP contribution in [0.4, 0.5) is 22.1 Å². The first-order chi connectivity index (χ1) is 22.3. The van der Waals surface area contributed by atoms with E-state index in [1.54, 1.807) is 6.92 Å². The SMILES string of the molecule is [C-]#[N+]c1c(N=Nc2ccc(N(CC)CCOCCOCCOCCOCCOC(=O)CCCC(=O)OC)cc2C)sc(C#N)c1C. The van der Waals surface area contributed by atoms with Gasteiger partial charge in [0.05, 0.1) is 77.1 Å². The summed E-state index contributed by atoms with van der Waals surface area (Å²) < 4.78 is 31.7. The fraction of sp³-hybridized carbons (Fsp3) is 0.562. The fourth-order valence-electron chi connectivity index (χ4n) is 4.02. The Hall–Kier alpha value is -3.92. The Morgan fingerprint density at radius 2 is 1.54 bits per heavy atom. The van der Waals surface area contributed by atoms with Crippen LogP contribution in [-0.4, -0.2) is 91.6 Å². The Morgan fingerprint density at radius 3 is 2.11 bits per heavy atom. The minimum absolute atomic E-state index is 0.156. The predicted molar refractivity (Wildman–Crippen MR) is 173 cm³/mol. The number of benzene rings is 1. The average molecular weight is 658 g/mol. The van der Waals surface area contributed by atoms with Crippen LogP contribution in [0.2, 0.25) is 0 Å². The minimum Gasteiger partial charge on any atom is -0.469 e. The molecule has 46 heavy (non-hydrogen) atoms. The largest absolute Gasteiger partial charge is 0.469 e. The molecule has 250 valence electrons. The number of methoxy groups -OCH3 is 1. The molecule has 0 amide bonds. The first kappa shape index (κ1) is 38.3. The summed E-state index contributed by atoms with van der Waals surface area (Å²) in [7, 11) is 1.31. The Morgan fingerprint density at radius 1 is 0.935 bits per heavy atom. The van der Waals surface area contributed by atoms with Crippen LogP contribution in [0.3, 0.4) is 0 Å². The number of ether oxygens (including phenoxy) is 6. The third-order valence-corrected chi connectivity index (χ3v) is 7.66. The Balaban J connectivity index is 1.53. The van der Waals surface area contributed by atoms with Crippen molar-refractivity contribution in [1.82, 2.24) is 0 Å². The number of thiophene rings is 1. The molecule has 0 spiro atoms. The van der Waals surface area contributed by atoms with Gasteiger partial charge in [-0.15, -0.1) is 11.3 Å². The van der Waals surface area contributed by atoms with Crippen LogP contribution in [0.1, 0.15) is 42.2 Å². The molecule has 0 bridgehead atoms. The van der Waals surface area contributed by atoms with E-state index in [2.05, 4.69) is 43.8 Å². The summed E-state index contributed by atoms with van der Waals surface area (Å²) in [5.41, 5.74) is 3.72. The van der Waals surface area contributed by atoms with Crippen molar-refractivity contribution in [3.8, 4) is 6.07 Å². The summed E-state index contributed by atoms with van der Waals surface area (Å²) in [6.45, 7) is 18.3. The lowest BCUT2D eigenvalue weighted by molar-refractivity contribution is -0.146. The molecule has 1 heterocycles. The van der Waals surface area contributed by atoms with E-state index >= 15 is 0 Å². The van der Waals surface area contributed by atoms with Crippen molar-refractivity contribution in [1.29, 1.82) is 5.26 Å². The molecule has 0 fully saturated rings. The number of carbonyl (C=O) groups excluding carboxylic acids is 2. The Kier molecular flexibility index (Phi) is 18.8. The number of esters is 2. The molecular formula is C32H43N5O8S. The van der Waals surface area contributed by atoms with Gasteiger partial charge in [-0.3, -0.25) is 9.59 Å². The van der Waals surface area contributed by atoms with Crippen molar-refractivity contribution in [2.45, 2.75) is 40.0 Å². The number of anilines is 1. The number of aryl methyl sites for hydroxylation is 1. The van der Waals surface area contributed by atoms with Gasteiger partial charge >= 0.3 is 11.9 Å². The number of likely N-dealkylation sites (N-methyl/N-ethyl adjacent to an activating group) is 1. The van der Waals surface area contributed by atoms with Gasteiger partial charge in [-0.05, 0) is 56.5 Å². The normalized spacial score (nSPS) is 10.9. The van der Waals surface area contributed by atoms with E-state index in [4.69, 9.17) is 30.3 Å². The zero-order valence-corrected chi connectivity index (χ0v) is 27.9. The third-order valence-electron chi connectivity index (χ3n) is 6.59. The number of hydrogen-bond acceptors (Lipinski definition) is 13. The Bertz CT molecular complexity index is 1350. The molecule has 2 rings (SSSR count). The maximum Gasteiger partial charge on any atom is 0.305 e. The van der Waals surface area contributed by atoms with E-state index < -0.39 is 0 Å². The molecule has 0 unspecified atom stereocenters. The van der Waals surface area contributed by atoms with Gasteiger partial charge in [0.15, 0.2) is 0 Å². The lowest BCUT2D eigenvalue weighted by Crippen LogP contribution is -2.27. The maximum atomic E-state index is 11.5. The summed E-state index contributed by atoms with van der Waals surface area (Å²) in [6.07, 6.45) is 0.760. The lowest BCUT2D eigenvalue weighted by atomic mass is 10.1. The van der Waals surface area contributed by atoms with Crippen molar-refractivity contribution < 1.29 is 38.0 Å². The molecular weight excluding hydrogens is 614 g/mol. The molecule has 1 aromatic carbocycles. The lowest BCUT2D eigenvalue weighted by Gasteiger charge is -2.23. The second-order valence-corrected chi connectivity index (χ2v) is 10.8. The van der Waals surface area contributed by atoms with Crippen molar-refractivity contribution in [2.24, 2.45) is 10.2 Å². The van der Waals surface area contributed by atoms with Crippen LogP contribution >= 0.6 is 11.3 Å². The summed E-state index contributed by atoms with van der Waals surface area (Å²) in [5.74, 6) is -0.711. The van der Waals surface area contributed by atoms with E-state index in [1.165, 1.54) is 18.4 Å². The van der Waals surface area contributed by atoms with E-state index in [1.807, 2.05) is 19.1 Å². The number of nitrogens with zero attached hydrogens (tertiary/aromatic N) is 5. The van der Waals surface area contributed by atoms with Gasteiger partial charge in [0.1, 0.15) is 17.7 Å². The zero-order chi connectivity index (χ0) is 33.6. The number of carbonyl (C=O) groups is 2. The molecule has 0 aliphatic carbocycles. The summed E-state index contributed by atoms with van der Waals surface area (Å²) in [4.78, 5) is 28.7. The van der Waals surface area contributed by atoms with Crippen LogP contribution in [0, 0.1) is 31.8 Å². The molecule has 14 heteroatoms. The molecule has 2 aromatic rings. The second-order valence-electron chi connectivity index (χ2n) is 9.78. The number of rotatable bonds is 23. The van der Waals surface area contributed by atoms with Gasteiger partial charge in [-0.2, -0.15) is 15.5 Å². The second kappa shape index (κ2) is 22.6. The number of hydrogen-bond donors (Lipinski definition) is 0. The van der Waals surface area contributed by atoms with E-state index in [-0.39, 0.29) is 38.0 Å². The highest BCUT2D eigenvalue weighted by molar-refractivity contribution is 7.17. The fourth-order valence-corrected chi connectivity index (χ4v) is 4.88. The molecule has 0 N–H and O–H groups in total. The number of nitriles is 1. The molecule has 13 nitrogen and oxygen atoms in total. The van der Waals surface area contributed by atoms with Crippen LogP contribution in [0.15, 0.2) is 28.4 Å². The van der Waals surface area contributed by atoms with Crippen molar-refractivity contribution in [2.75, 3.05) is 84.6 Å². The molecule has 0 atom stereocenters. The highest BCUT2D eigenvalue weighted by Gasteiger charge is 2.15. The molecule has 0 saturated heterocycles. The van der Waals surface area contributed by atoms with Crippen molar-refractivity contribution in [3.05, 3.63) is 45.6 Å². The van der Waals surface area contributed by atoms with E-state index in [0.717, 1.165) is 17.8 Å². The van der Waals surface area contributed by atoms with Gasteiger partial charge in [-0.25, -0.2) is 4.85 Å². The molecule has 1 aromatic heterocycles. The molecule has 0 radical (unpaired) electrons. The van der Waals surface area contributed by atoms with Gasteiger partial charge < -0.3 is 33.3 Å². The maximum absolute atomic E-state index is 11.5. The third kappa shape index (κ3) is 14.0. The van der Waals surface area contributed by atoms with Crippen LogP contribution in [-0.2, 0) is 38.0 Å². The van der Waals surface area contributed by atoms with Gasteiger partial charge in [-0.1, -0.05) is 0 Å². The highest BCUT2D eigenvalue weighted by atomic mass is 32.1. The van der Waals surface area contributed by atoms with Gasteiger partial charge in [0.25, 0.3) is 0 Å². The molecule has 0 saturated carbocycles. The standard InChI is InChI=1S/C32H43N5O8S/c1-6-37(26-10-11-27(24(2)22-26)35-36-32-31(34-4)25(3)28(23-33)46-32)12-13-41-14-15-42-16-17-43-18-19-44-20-21-45-30(39)9-7-8-29(38)40-5/h10-11,22H,6-9,12-21H2,1-3,5H3. The molecule has 0 aliphatic rings. The monoisotopic (exact) mass is 657 g/mol. The quantitative estimate of drug-likeness (QED) is 0.0605. The number of azo groups is 1. The minimum atomic E-state index is -0.367. The molecule has 0 aliphatic heterocycles. The summed E-state index contributed by atoms with van der Waals surface area (Å²) in [5, 5.41) is 18.3. The van der Waals surface area contributed by atoms with Crippen molar-refractivity contribution in [3.63, 3.8) is 0 Å². The van der Waals surface area contributed by atoms with Crippen LogP contribution in [0.25, 0.3) is 4.85 Å². The van der Waals surface area contributed by atoms with Gasteiger partial charge in [0.2, 0.25) is 5.69 Å². The van der Waals surface area contributed by atoms with E-state index in [0.29, 0.717) is 86.0 Å². The first-order valence-electron chi connectivity index (χ1n) is 15.1. The van der Waals surface area contributed by atoms with Crippen LogP contribution in [0.5, 0.6) is 0 Å². The first-order valence-corrected chi connectivity index (χ1v) is 15.9. The average Bonchev–Trinajstić information content (AvgIpc) is 3.37. The Labute approximate surface area is 274 Å². The highest BCUT2D eigenvalue weighted by Crippen LogP contribution is 2.42. The smallest absolute Gasteiger partial charge is 0.305 e. The topological polar surface area (TPSA) is 146 Å². The van der Waals surface area contributed by atoms with E-state index in [9.17, 15) is 14.9 Å². The van der Waals surface area contributed by atoms with Gasteiger partial charge in [0, 0.05) is 31.6 Å². The van der Waals surface area contributed by atoms with Crippen LogP contribution < -0.4 is 4.90 Å². The summed E-state index contributed by atoms with van der Waals surface area (Å²) >= 11 is 1.18. The predicted octanol–water partition coefficient (Wildman–Crippen LogP) is 5.98. The summed E-state index contributed by atoms with van der Waals surface area (Å²) in [6, 6.07) is 8.05. The zero-order valence-electron chi connectivity index (χ0n) is 27.0.